The van der Waals surface area contributed by atoms with Crippen LogP contribution in [-0.2, 0) is 4.79 Å². The van der Waals surface area contributed by atoms with Gasteiger partial charge in [0.25, 0.3) is 0 Å². The van der Waals surface area contributed by atoms with Crippen LogP contribution in [0.2, 0.25) is 0 Å². The van der Waals surface area contributed by atoms with Crippen molar-refractivity contribution < 1.29 is 4.79 Å². The van der Waals surface area contributed by atoms with Crippen molar-refractivity contribution >= 4 is 6.08 Å². The lowest BCUT2D eigenvalue weighted by Crippen LogP contribution is -2.32. The second-order valence-electron chi connectivity index (χ2n) is 5.74. The van der Waals surface area contributed by atoms with Crippen molar-refractivity contribution in [2.24, 2.45) is 22.7 Å². The Balaban J connectivity index is 1.99. The van der Waals surface area contributed by atoms with Gasteiger partial charge in [0, 0.05) is 0 Å². The summed E-state index contributed by atoms with van der Waals surface area (Å²) in [6.07, 6.45) is 9.51. The molecule has 4 atom stereocenters. The number of carbonyl (C=O) groups excluding carboxylic acids is 1. The molecule has 0 unspecified atom stereocenters. The predicted octanol–water partition coefficient (Wildman–Crippen LogP) is 3.24. The largest absolute Gasteiger partial charge is 0.235 e. The van der Waals surface area contributed by atoms with Crippen LogP contribution in [0.15, 0.2) is 16.1 Å². The first-order valence-corrected chi connectivity index (χ1v) is 6.59. The number of isocyanates is 1. The third-order valence-corrected chi connectivity index (χ3v) is 4.99. The van der Waals surface area contributed by atoms with Crippen molar-refractivity contribution in [2.45, 2.75) is 51.5 Å². The summed E-state index contributed by atoms with van der Waals surface area (Å²) < 4.78 is 0. The van der Waals surface area contributed by atoms with Crippen LogP contribution in [0.3, 0.4) is 0 Å². The zero-order valence-corrected chi connectivity index (χ0v) is 9.91. The first-order chi connectivity index (χ1) is 7.81. The Morgan fingerprint density at radius 3 is 3.00 bits per heavy atom. The predicted molar refractivity (Wildman–Crippen MR) is 62.8 cm³/mol. The molecule has 16 heavy (non-hydrogen) atoms. The molecule has 86 valence electrons. The molecule has 2 nitrogen and oxygen atoms in total. The molecule has 0 aromatic carbocycles. The molecule has 3 aliphatic carbocycles. The van der Waals surface area contributed by atoms with Crippen molar-refractivity contribution in [3.8, 4) is 0 Å². The van der Waals surface area contributed by atoms with Crippen LogP contribution in [0, 0.1) is 17.8 Å². The Bertz CT molecular complexity index is 378. The smallest absolute Gasteiger partial charge is 0.211 e. The molecular weight excluding hydrogens is 198 g/mol. The van der Waals surface area contributed by atoms with Crippen molar-refractivity contribution in [1.82, 2.24) is 0 Å². The van der Waals surface area contributed by atoms with E-state index in [1.165, 1.54) is 44.1 Å². The van der Waals surface area contributed by atoms with E-state index in [-0.39, 0.29) is 6.04 Å². The number of hydrogen-bond donors (Lipinski definition) is 0. The number of nitrogens with zero attached hydrogens (tertiary/aromatic N) is 1. The number of rotatable bonds is 1. The number of hydrogen-bond acceptors (Lipinski definition) is 2. The van der Waals surface area contributed by atoms with Gasteiger partial charge in [-0.25, -0.2) is 4.79 Å². The minimum absolute atomic E-state index is 0.200. The quantitative estimate of drug-likeness (QED) is 0.376. The maximum Gasteiger partial charge on any atom is 0.235 e. The van der Waals surface area contributed by atoms with E-state index >= 15 is 0 Å². The highest BCUT2D eigenvalue weighted by Gasteiger charge is 2.45. The minimum Gasteiger partial charge on any atom is -0.211 e. The SMILES string of the molecule is C[C@H]1CC[C@H]2CC3=C(CCC3)[C@@H](N=C=O)[C@H]21. The van der Waals surface area contributed by atoms with E-state index in [0.29, 0.717) is 5.92 Å². The normalized spacial score (nSPS) is 41.6. The first-order valence-electron chi connectivity index (χ1n) is 6.59. The highest BCUT2D eigenvalue weighted by Crippen LogP contribution is 2.52. The summed E-state index contributed by atoms with van der Waals surface area (Å²) in [4.78, 5) is 14.8. The van der Waals surface area contributed by atoms with Gasteiger partial charge >= 0.3 is 0 Å². The van der Waals surface area contributed by atoms with Crippen LogP contribution in [-0.4, -0.2) is 12.1 Å². The maximum atomic E-state index is 10.6. The van der Waals surface area contributed by atoms with Crippen LogP contribution in [0.5, 0.6) is 0 Å². The molecule has 0 N–H and O–H groups in total. The highest BCUT2D eigenvalue weighted by atomic mass is 16.1. The Kier molecular flexibility index (Phi) is 2.48. The van der Waals surface area contributed by atoms with Gasteiger partial charge in [-0.3, -0.25) is 0 Å². The second kappa shape index (κ2) is 3.85. The summed E-state index contributed by atoms with van der Waals surface area (Å²) in [7, 11) is 0. The van der Waals surface area contributed by atoms with E-state index in [0.717, 1.165) is 11.8 Å². The van der Waals surface area contributed by atoms with Crippen LogP contribution < -0.4 is 0 Å². The molecule has 0 aromatic rings. The molecule has 0 aliphatic heterocycles. The lowest BCUT2D eigenvalue weighted by atomic mass is 9.73. The Labute approximate surface area is 96.8 Å². The minimum atomic E-state index is 0.200. The fourth-order valence-corrected chi connectivity index (χ4v) is 4.32. The van der Waals surface area contributed by atoms with E-state index in [2.05, 4.69) is 11.9 Å². The molecule has 0 spiro atoms. The molecule has 3 aliphatic rings. The molecule has 0 aromatic heterocycles. The van der Waals surface area contributed by atoms with Crippen molar-refractivity contribution in [3.63, 3.8) is 0 Å². The van der Waals surface area contributed by atoms with Gasteiger partial charge in [0.15, 0.2) is 0 Å². The summed E-state index contributed by atoms with van der Waals surface area (Å²) in [5.41, 5.74) is 3.15. The second-order valence-corrected chi connectivity index (χ2v) is 5.74. The van der Waals surface area contributed by atoms with E-state index in [9.17, 15) is 4.79 Å². The van der Waals surface area contributed by atoms with Gasteiger partial charge < -0.3 is 0 Å². The Hall–Kier alpha value is -0.880. The van der Waals surface area contributed by atoms with E-state index in [1.54, 1.807) is 5.57 Å². The van der Waals surface area contributed by atoms with Gasteiger partial charge in [0.05, 0.1) is 6.04 Å². The van der Waals surface area contributed by atoms with Gasteiger partial charge in [0.2, 0.25) is 6.08 Å². The molecule has 1 saturated carbocycles. The molecular formula is C14H19NO. The monoisotopic (exact) mass is 217 g/mol. The van der Waals surface area contributed by atoms with Crippen LogP contribution in [0.1, 0.15) is 45.4 Å². The van der Waals surface area contributed by atoms with Gasteiger partial charge in [-0.15, -0.1) is 0 Å². The molecule has 1 fully saturated rings. The molecule has 0 heterocycles. The number of fused-ring (bicyclic) bond motifs is 1. The van der Waals surface area contributed by atoms with Crippen molar-refractivity contribution in [3.05, 3.63) is 11.1 Å². The zero-order valence-electron chi connectivity index (χ0n) is 9.91. The number of aliphatic imine (C=N–C) groups is 1. The van der Waals surface area contributed by atoms with E-state index in [1.807, 2.05) is 6.08 Å². The standard InChI is InChI=1S/C14H19NO/c1-9-5-6-11-7-10-3-2-4-12(10)14(13(9)11)15-8-16/h9,11,13-14H,2-7H2,1H3/t9-,11-,13-,14+/m0/s1. The highest BCUT2D eigenvalue weighted by molar-refractivity contribution is 5.39. The lowest BCUT2D eigenvalue weighted by Gasteiger charge is -2.34. The number of allylic oxidation sites excluding steroid dienone is 1. The summed E-state index contributed by atoms with van der Waals surface area (Å²) in [6, 6.07) is 0.200. The van der Waals surface area contributed by atoms with Crippen molar-refractivity contribution in [1.29, 1.82) is 0 Å². The van der Waals surface area contributed by atoms with Gasteiger partial charge in [0.1, 0.15) is 0 Å². The summed E-state index contributed by atoms with van der Waals surface area (Å²) in [5, 5.41) is 0. The molecule has 0 saturated heterocycles. The molecule has 3 rings (SSSR count). The van der Waals surface area contributed by atoms with Crippen LogP contribution in [0.4, 0.5) is 0 Å². The fourth-order valence-electron chi connectivity index (χ4n) is 4.32. The molecule has 2 heteroatoms. The van der Waals surface area contributed by atoms with Gasteiger partial charge in [-0.1, -0.05) is 18.9 Å². The summed E-state index contributed by atoms with van der Waals surface area (Å²) in [6.45, 7) is 2.33. The Morgan fingerprint density at radius 2 is 2.19 bits per heavy atom. The van der Waals surface area contributed by atoms with E-state index < -0.39 is 0 Å². The molecule has 0 bridgehead atoms. The average molecular weight is 217 g/mol. The molecule has 0 radical (unpaired) electrons. The van der Waals surface area contributed by atoms with E-state index in [4.69, 9.17) is 0 Å². The summed E-state index contributed by atoms with van der Waals surface area (Å²) >= 11 is 0. The van der Waals surface area contributed by atoms with Crippen molar-refractivity contribution in [2.75, 3.05) is 0 Å². The Morgan fingerprint density at radius 1 is 1.31 bits per heavy atom. The third kappa shape index (κ3) is 1.40. The lowest BCUT2D eigenvalue weighted by molar-refractivity contribution is 0.272. The van der Waals surface area contributed by atoms with Gasteiger partial charge in [-0.2, -0.15) is 4.99 Å². The zero-order chi connectivity index (χ0) is 11.1. The third-order valence-electron chi connectivity index (χ3n) is 4.99. The van der Waals surface area contributed by atoms with Gasteiger partial charge in [-0.05, 0) is 55.4 Å². The molecule has 0 amide bonds. The van der Waals surface area contributed by atoms with Crippen LogP contribution >= 0.6 is 0 Å². The topological polar surface area (TPSA) is 29.4 Å². The first kappa shape index (κ1) is 10.3. The van der Waals surface area contributed by atoms with Crippen LogP contribution in [0.25, 0.3) is 0 Å². The average Bonchev–Trinajstić information content (AvgIpc) is 2.86. The maximum absolute atomic E-state index is 10.6. The summed E-state index contributed by atoms with van der Waals surface area (Å²) in [5.74, 6) is 2.17. The fraction of sp³-hybridized carbons (Fsp3) is 0.786.